The summed E-state index contributed by atoms with van der Waals surface area (Å²) in [6, 6.07) is -1.01. The van der Waals surface area contributed by atoms with Crippen LogP contribution >= 0.6 is 7.82 Å². The number of rotatable bonds is 22. The van der Waals surface area contributed by atoms with Crippen molar-refractivity contribution in [3.63, 3.8) is 0 Å². The summed E-state index contributed by atoms with van der Waals surface area (Å²) < 4.78 is 22.4. The van der Waals surface area contributed by atoms with E-state index in [0.717, 1.165) is 19.3 Å². The number of azide groups is 1. The Kier molecular flexibility index (Phi) is 18.9. The van der Waals surface area contributed by atoms with Crippen molar-refractivity contribution in [2.75, 3.05) is 40.9 Å². The minimum absolute atomic E-state index is 0.0465. The van der Waals surface area contributed by atoms with Crippen LogP contribution < -0.4 is 0 Å². The molecule has 2 N–H and O–H groups in total. The van der Waals surface area contributed by atoms with Gasteiger partial charge in [0.25, 0.3) is 0 Å². The standard InChI is InChI=1S/C23H47N4O5P/c1-5-6-7-8-9-10-11-12-13-14-15-16-17-18-23(28)22(25-26-24)21-32-33(29,30)31-20-19-27(2,3)4/h17-18,22-23,28H,5-16,19-21H2,1-4H3/p+1/t22-,23+/m0/s1. The van der Waals surface area contributed by atoms with E-state index in [9.17, 15) is 14.6 Å². The second kappa shape index (κ2) is 19.4. The average Bonchev–Trinajstić information content (AvgIpc) is 2.73. The van der Waals surface area contributed by atoms with Crippen molar-refractivity contribution in [2.24, 2.45) is 5.11 Å². The number of hydrogen-bond acceptors (Lipinski definition) is 5. The van der Waals surface area contributed by atoms with Crippen molar-refractivity contribution in [2.45, 2.75) is 96.1 Å². The number of phosphoric ester groups is 1. The van der Waals surface area contributed by atoms with E-state index in [1.54, 1.807) is 6.08 Å². The summed E-state index contributed by atoms with van der Waals surface area (Å²) in [5.41, 5.74) is 8.73. The topological polar surface area (TPSA) is 125 Å². The van der Waals surface area contributed by atoms with Gasteiger partial charge in [-0.05, 0) is 18.4 Å². The number of aliphatic hydroxyl groups is 1. The van der Waals surface area contributed by atoms with Crippen molar-refractivity contribution in [3.8, 4) is 0 Å². The number of phosphoric acid groups is 1. The Balaban J connectivity index is 4.06. The molecule has 0 bridgehead atoms. The van der Waals surface area contributed by atoms with Gasteiger partial charge in [-0.1, -0.05) is 88.4 Å². The van der Waals surface area contributed by atoms with E-state index in [1.807, 2.05) is 27.2 Å². The van der Waals surface area contributed by atoms with E-state index in [2.05, 4.69) is 16.9 Å². The molecule has 10 heteroatoms. The van der Waals surface area contributed by atoms with E-state index in [4.69, 9.17) is 14.6 Å². The van der Waals surface area contributed by atoms with Crippen LogP contribution in [0, 0.1) is 0 Å². The normalized spacial score (nSPS) is 15.8. The summed E-state index contributed by atoms with van der Waals surface area (Å²) in [5.74, 6) is 0. The number of allylic oxidation sites excluding steroid dienone is 1. The molecule has 0 aromatic rings. The molecule has 0 aliphatic rings. The van der Waals surface area contributed by atoms with E-state index < -0.39 is 26.6 Å². The lowest BCUT2D eigenvalue weighted by Gasteiger charge is -2.24. The summed E-state index contributed by atoms with van der Waals surface area (Å²) in [5, 5.41) is 13.7. The number of quaternary nitrogens is 1. The zero-order chi connectivity index (χ0) is 25.0. The smallest absolute Gasteiger partial charge is 0.389 e. The molecule has 0 aliphatic carbocycles. The summed E-state index contributed by atoms with van der Waals surface area (Å²) in [6.07, 6.45) is 17.2. The van der Waals surface area contributed by atoms with E-state index in [-0.39, 0.29) is 6.61 Å². The Morgan fingerprint density at radius 1 is 1.00 bits per heavy atom. The van der Waals surface area contributed by atoms with Gasteiger partial charge in [-0.25, -0.2) is 4.57 Å². The van der Waals surface area contributed by atoms with Crippen LogP contribution in [0.15, 0.2) is 17.3 Å². The van der Waals surface area contributed by atoms with E-state index >= 15 is 0 Å². The predicted octanol–water partition coefficient (Wildman–Crippen LogP) is 6.12. The van der Waals surface area contributed by atoms with Gasteiger partial charge in [-0.3, -0.25) is 9.05 Å². The van der Waals surface area contributed by atoms with Gasteiger partial charge in [0.15, 0.2) is 0 Å². The zero-order valence-corrected chi connectivity index (χ0v) is 22.2. The van der Waals surface area contributed by atoms with Gasteiger partial charge in [-0.2, -0.15) is 0 Å². The van der Waals surface area contributed by atoms with Gasteiger partial charge in [0.1, 0.15) is 13.2 Å². The molecule has 0 amide bonds. The van der Waals surface area contributed by atoms with Crippen molar-refractivity contribution in [1.29, 1.82) is 0 Å². The quantitative estimate of drug-likeness (QED) is 0.0359. The molecule has 0 radical (unpaired) electrons. The highest BCUT2D eigenvalue weighted by Crippen LogP contribution is 2.43. The fourth-order valence-electron chi connectivity index (χ4n) is 3.19. The number of hydrogen-bond donors (Lipinski definition) is 2. The second-order valence-electron chi connectivity index (χ2n) is 9.63. The Morgan fingerprint density at radius 3 is 2.06 bits per heavy atom. The lowest BCUT2D eigenvalue weighted by atomic mass is 10.0. The Hall–Kier alpha value is -0.920. The van der Waals surface area contributed by atoms with Crippen LogP contribution in [0.4, 0.5) is 0 Å². The Bertz CT molecular complexity index is 606. The largest absolute Gasteiger partial charge is 0.472 e. The summed E-state index contributed by atoms with van der Waals surface area (Å²) in [4.78, 5) is 12.5. The molecule has 0 aliphatic heterocycles. The molecule has 1 unspecified atom stereocenters. The Labute approximate surface area is 201 Å². The van der Waals surface area contributed by atoms with Crippen LogP contribution in [0.3, 0.4) is 0 Å². The molecule has 0 heterocycles. The van der Waals surface area contributed by atoms with Gasteiger partial charge >= 0.3 is 7.82 Å². The maximum atomic E-state index is 12.0. The Morgan fingerprint density at radius 2 is 1.55 bits per heavy atom. The first-order valence-electron chi connectivity index (χ1n) is 12.4. The molecule has 194 valence electrons. The lowest BCUT2D eigenvalue weighted by molar-refractivity contribution is -0.870. The molecule has 0 rings (SSSR count). The number of unbranched alkanes of at least 4 members (excludes halogenated alkanes) is 11. The summed E-state index contributed by atoms with van der Waals surface area (Å²) in [7, 11) is 1.52. The second-order valence-corrected chi connectivity index (χ2v) is 11.1. The maximum Gasteiger partial charge on any atom is 0.472 e. The van der Waals surface area contributed by atoms with Gasteiger partial charge in [0, 0.05) is 4.91 Å². The highest BCUT2D eigenvalue weighted by molar-refractivity contribution is 7.47. The third-order valence-electron chi connectivity index (χ3n) is 5.33. The first-order valence-corrected chi connectivity index (χ1v) is 13.9. The minimum Gasteiger partial charge on any atom is -0.389 e. The molecule has 0 aromatic carbocycles. The third kappa shape index (κ3) is 21.4. The van der Waals surface area contributed by atoms with Gasteiger partial charge in [-0.15, -0.1) is 0 Å². The lowest BCUT2D eigenvalue weighted by Crippen LogP contribution is -2.37. The zero-order valence-electron chi connectivity index (χ0n) is 21.3. The predicted molar refractivity (Wildman–Crippen MR) is 134 cm³/mol. The molecule has 3 atom stereocenters. The van der Waals surface area contributed by atoms with Crippen LogP contribution in [-0.2, 0) is 13.6 Å². The number of likely N-dealkylation sites (N-methyl/N-ethyl adjacent to an activating group) is 1. The van der Waals surface area contributed by atoms with Gasteiger partial charge in [0.2, 0.25) is 0 Å². The molecule has 9 nitrogen and oxygen atoms in total. The molecule has 0 saturated heterocycles. The van der Waals surface area contributed by atoms with Crippen molar-refractivity contribution < 1.29 is 28.1 Å². The molecular weight excluding hydrogens is 443 g/mol. The molecule has 0 fully saturated rings. The molecule has 33 heavy (non-hydrogen) atoms. The third-order valence-corrected chi connectivity index (χ3v) is 6.31. The number of aliphatic hydroxyl groups excluding tert-OH is 1. The first-order chi connectivity index (χ1) is 15.6. The van der Waals surface area contributed by atoms with Gasteiger partial charge in [0.05, 0.1) is 39.9 Å². The number of nitrogens with zero attached hydrogens (tertiary/aromatic N) is 4. The molecule has 0 saturated carbocycles. The van der Waals surface area contributed by atoms with Crippen molar-refractivity contribution in [1.82, 2.24) is 0 Å². The monoisotopic (exact) mass is 491 g/mol. The van der Waals surface area contributed by atoms with Crippen LogP contribution in [0.5, 0.6) is 0 Å². The van der Waals surface area contributed by atoms with E-state index in [1.165, 1.54) is 57.8 Å². The van der Waals surface area contributed by atoms with Crippen LogP contribution in [0.2, 0.25) is 0 Å². The molecule has 0 aromatic heterocycles. The van der Waals surface area contributed by atoms with Crippen molar-refractivity contribution in [3.05, 3.63) is 22.6 Å². The fourth-order valence-corrected chi connectivity index (χ4v) is 3.92. The minimum atomic E-state index is -4.28. The maximum absolute atomic E-state index is 12.0. The summed E-state index contributed by atoms with van der Waals surface area (Å²) >= 11 is 0. The molecular formula is C23H48N4O5P+. The van der Waals surface area contributed by atoms with Crippen LogP contribution in [0.25, 0.3) is 10.4 Å². The SMILES string of the molecule is CCCCCCCCCCCCCC=C[C@@H](O)[C@H](COP(=O)(O)OCC[N+](C)(C)C)N=[N+]=[N-]. The van der Waals surface area contributed by atoms with Gasteiger partial charge < -0.3 is 14.5 Å². The van der Waals surface area contributed by atoms with E-state index in [0.29, 0.717) is 11.0 Å². The average molecular weight is 492 g/mol. The highest BCUT2D eigenvalue weighted by Gasteiger charge is 2.26. The van der Waals surface area contributed by atoms with Crippen molar-refractivity contribution >= 4 is 7.82 Å². The summed E-state index contributed by atoms with van der Waals surface area (Å²) in [6.45, 7) is 2.40. The van der Waals surface area contributed by atoms with Crippen LogP contribution in [0.1, 0.15) is 84.0 Å². The fraction of sp³-hybridized carbons (Fsp3) is 0.913. The van der Waals surface area contributed by atoms with Crippen LogP contribution in [-0.4, -0.2) is 67.5 Å². The first kappa shape index (κ1) is 32.1. The highest BCUT2D eigenvalue weighted by atomic mass is 31.2. The molecule has 0 spiro atoms.